The molecular weight excluding hydrogens is 336 g/mol. The maximum Gasteiger partial charge on any atom is 0.119 e. The molecule has 2 aromatic carbocycles. The molecule has 4 nitrogen and oxygen atoms in total. The van der Waals surface area contributed by atoms with Crippen LogP contribution in [0.15, 0.2) is 48.5 Å². The first-order chi connectivity index (χ1) is 12.0. The van der Waals surface area contributed by atoms with Crippen LogP contribution >= 0.6 is 11.6 Å². The second-order valence-corrected chi connectivity index (χ2v) is 6.79. The zero-order valence-electron chi connectivity index (χ0n) is 14.8. The van der Waals surface area contributed by atoms with Crippen LogP contribution in [0.25, 0.3) is 0 Å². The van der Waals surface area contributed by atoms with Crippen molar-refractivity contribution in [1.29, 1.82) is 0 Å². The van der Waals surface area contributed by atoms with Gasteiger partial charge in [0.1, 0.15) is 12.4 Å². The van der Waals surface area contributed by atoms with Gasteiger partial charge in [0.2, 0.25) is 0 Å². The van der Waals surface area contributed by atoms with E-state index in [2.05, 4.69) is 11.4 Å². The minimum Gasteiger partial charge on any atom is -0.492 e. The molecule has 2 rings (SSSR count). The van der Waals surface area contributed by atoms with Gasteiger partial charge in [-0.2, -0.15) is 0 Å². The van der Waals surface area contributed by atoms with Crippen molar-refractivity contribution in [3.05, 3.63) is 64.7 Å². The Morgan fingerprint density at radius 3 is 2.68 bits per heavy atom. The molecule has 0 aliphatic rings. The van der Waals surface area contributed by atoms with Gasteiger partial charge >= 0.3 is 0 Å². The van der Waals surface area contributed by atoms with Gasteiger partial charge in [0, 0.05) is 17.6 Å². The zero-order chi connectivity index (χ0) is 18.2. The molecule has 1 unspecified atom stereocenters. The Balaban J connectivity index is 1.98. The largest absolute Gasteiger partial charge is 0.492 e. The van der Waals surface area contributed by atoms with Crippen molar-refractivity contribution in [3.63, 3.8) is 0 Å². The molecule has 3 atom stereocenters. The van der Waals surface area contributed by atoms with E-state index >= 15 is 0 Å². The van der Waals surface area contributed by atoms with Crippen molar-refractivity contribution in [2.75, 3.05) is 20.2 Å². The van der Waals surface area contributed by atoms with Crippen LogP contribution in [0.2, 0.25) is 5.02 Å². The molecule has 0 fully saturated rings. The Hall–Kier alpha value is -1.59. The number of nitrogens with two attached hydrogens (primary N) is 1. The van der Waals surface area contributed by atoms with E-state index < -0.39 is 6.10 Å². The summed E-state index contributed by atoms with van der Waals surface area (Å²) in [4.78, 5) is 0. The second kappa shape index (κ2) is 9.78. The van der Waals surface area contributed by atoms with Crippen molar-refractivity contribution in [2.24, 2.45) is 11.7 Å². The highest BCUT2D eigenvalue weighted by atomic mass is 35.5. The van der Waals surface area contributed by atoms with Crippen LogP contribution in [0.1, 0.15) is 24.2 Å². The number of ether oxygens (including phenoxy) is 1. The first kappa shape index (κ1) is 19.7. The highest BCUT2D eigenvalue weighted by Crippen LogP contribution is 2.25. The van der Waals surface area contributed by atoms with Gasteiger partial charge in [-0.3, -0.25) is 0 Å². The number of hydrogen-bond acceptors (Lipinski definition) is 4. The second-order valence-electron chi connectivity index (χ2n) is 6.36. The van der Waals surface area contributed by atoms with Crippen molar-refractivity contribution in [1.82, 2.24) is 5.32 Å². The molecule has 0 saturated heterocycles. The fraction of sp³-hybridized carbons (Fsp3) is 0.400. The number of halogens is 1. The minimum atomic E-state index is -0.747. The topological polar surface area (TPSA) is 67.5 Å². The maximum absolute atomic E-state index is 10.5. The van der Waals surface area contributed by atoms with Crippen LogP contribution in [0.4, 0.5) is 0 Å². The van der Waals surface area contributed by atoms with Crippen LogP contribution in [0.3, 0.4) is 0 Å². The summed E-state index contributed by atoms with van der Waals surface area (Å²) in [6.07, 6.45) is 0.0194. The molecule has 0 bridgehead atoms. The van der Waals surface area contributed by atoms with Crippen molar-refractivity contribution in [3.8, 4) is 5.75 Å². The van der Waals surface area contributed by atoms with E-state index in [9.17, 15) is 5.11 Å². The lowest BCUT2D eigenvalue weighted by Gasteiger charge is -2.25. The molecule has 0 aliphatic carbocycles. The normalized spacial score (nSPS) is 14.8. The standard InChI is InChI=1S/C20H27ClN2O2/c1-14(19(22)20(24)16-6-4-7-17(21)13-16)11-15-5-3-8-18(12-15)25-10-9-23-2/h3-8,12-14,19-20,23-24H,9-11,22H2,1-2H3/t14?,19-,20-/m1/s1. The third-order valence-corrected chi connectivity index (χ3v) is 4.52. The molecule has 0 spiro atoms. The summed E-state index contributed by atoms with van der Waals surface area (Å²) >= 11 is 6.00. The first-order valence-corrected chi connectivity index (χ1v) is 8.94. The highest BCUT2D eigenvalue weighted by Gasteiger charge is 2.23. The lowest BCUT2D eigenvalue weighted by molar-refractivity contribution is 0.121. The SMILES string of the molecule is CNCCOc1cccc(CC(C)[C@@H](N)[C@H](O)c2cccc(Cl)c2)c1. The Morgan fingerprint density at radius 2 is 1.96 bits per heavy atom. The Bertz CT molecular complexity index is 666. The summed E-state index contributed by atoms with van der Waals surface area (Å²) < 4.78 is 5.70. The van der Waals surface area contributed by atoms with Gasteiger partial charge in [0.05, 0.1) is 6.10 Å². The number of aliphatic hydroxyl groups is 1. The van der Waals surface area contributed by atoms with Gasteiger partial charge in [-0.15, -0.1) is 0 Å². The molecular formula is C20H27ClN2O2. The predicted molar refractivity (Wildman–Crippen MR) is 103 cm³/mol. The molecule has 0 radical (unpaired) electrons. The Kier molecular flexibility index (Phi) is 7.72. The number of nitrogens with one attached hydrogen (secondary N) is 1. The lowest BCUT2D eigenvalue weighted by atomic mass is 9.88. The molecule has 0 aromatic heterocycles. The number of rotatable bonds is 9. The molecule has 2 aromatic rings. The number of likely N-dealkylation sites (N-methyl/N-ethyl adjacent to an activating group) is 1. The fourth-order valence-electron chi connectivity index (χ4n) is 2.77. The van der Waals surface area contributed by atoms with Crippen LogP contribution in [0.5, 0.6) is 5.75 Å². The molecule has 0 aliphatic heterocycles. The average Bonchev–Trinajstić information content (AvgIpc) is 2.61. The van der Waals surface area contributed by atoms with Gasteiger partial charge in [0.25, 0.3) is 0 Å². The smallest absolute Gasteiger partial charge is 0.119 e. The number of hydrogen-bond donors (Lipinski definition) is 3. The van der Waals surface area contributed by atoms with E-state index in [1.165, 1.54) is 0 Å². The van der Waals surface area contributed by atoms with Gasteiger partial charge < -0.3 is 20.9 Å². The van der Waals surface area contributed by atoms with E-state index in [1.54, 1.807) is 12.1 Å². The van der Waals surface area contributed by atoms with Gasteiger partial charge in [0.15, 0.2) is 0 Å². The van der Waals surface area contributed by atoms with Crippen LogP contribution < -0.4 is 15.8 Å². The number of benzene rings is 2. The summed E-state index contributed by atoms with van der Waals surface area (Å²) in [7, 11) is 1.90. The summed E-state index contributed by atoms with van der Waals surface area (Å²) in [5, 5.41) is 14.2. The molecule has 5 heteroatoms. The van der Waals surface area contributed by atoms with Gasteiger partial charge in [-0.25, -0.2) is 0 Å². The highest BCUT2D eigenvalue weighted by molar-refractivity contribution is 6.30. The van der Waals surface area contributed by atoms with Crippen molar-refractivity contribution < 1.29 is 9.84 Å². The molecule has 0 amide bonds. The van der Waals surface area contributed by atoms with Gasteiger partial charge in [-0.05, 0) is 54.8 Å². The minimum absolute atomic E-state index is 0.0986. The summed E-state index contributed by atoms with van der Waals surface area (Å²) in [5.74, 6) is 0.949. The molecule has 136 valence electrons. The lowest BCUT2D eigenvalue weighted by Crippen LogP contribution is -2.36. The Labute approximate surface area is 155 Å². The monoisotopic (exact) mass is 362 g/mol. The summed E-state index contributed by atoms with van der Waals surface area (Å²) in [6.45, 7) is 3.48. The fourth-order valence-corrected chi connectivity index (χ4v) is 2.96. The van der Waals surface area contributed by atoms with E-state index in [4.69, 9.17) is 22.1 Å². The predicted octanol–water partition coefficient (Wildman–Crippen LogP) is 3.18. The van der Waals surface area contributed by atoms with E-state index in [0.29, 0.717) is 11.6 Å². The van der Waals surface area contributed by atoms with Gasteiger partial charge in [-0.1, -0.05) is 42.8 Å². The third-order valence-electron chi connectivity index (χ3n) is 4.29. The summed E-state index contributed by atoms with van der Waals surface area (Å²) in [5.41, 5.74) is 8.18. The third kappa shape index (κ3) is 6.01. The van der Waals surface area contributed by atoms with E-state index in [1.807, 2.05) is 44.3 Å². The molecule has 0 heterocycles. The molecule has 4 N–H and O–H groups in total. The quantitative estimate of drug-likeness (QED) is 0.599. The first-order valence-electron chi connectivity index (χ1n) is 8.56. The van der Waals surface area contributed by atoms with Crippen molar-refractivity contribution in [2.45, 2.75) is 25.5 Å². The molecule has 0 saturated carbocycles. The van der Waals surface area contributed by atoms with Crippen LogP contribution in [0, 0.1) is 5.92 Å². The zero-order valence-corrected chi connectivity index (χ0v) is 15.5. The van der Waals surface area contributed by atoms with Crippen LogP contribution in [-0.2, 0) is 6.42 Å². The molecule has 25 heavy (non-hydrogen) atoms. The van der Waals surface area contributed by atoms with E-state index in [0.717, 1.165) is 29.8 Å². The van der Waals surface area contributed by atoms with Crippen LogP contribution in [-0.4, -0.2) is 31.3 Å². The van der Waals surface area contributed by atoms with E-state index in [-0.39, 0.29) is 12.0 Å². The summed E-state index contributed by atoms with van der Waals surface area (Å²) in [6, 6.07) is 14.8. The number of aliphatic hydroxyl groups excluding tert-OH is 1. The maximum atomic E-state index is 10.5. The Morgan fingerprint density at radius 1 is 1.20 bits per heavy atom. The van der Waals surface area contributed by atoms with Crippen molar-refractivity contribution >= 4 is 11.6 Å². The average molecular weight is 363 g/mol.